The lowest BCUT2D eigenvalue weighted by Crippen LogP contribution is -2.24. The first kappa shape index (κ1) is 15.4. The molecule has 1 aromatic carbocycles. The maximum atomic E-state index is 12.1. The fourth-order valence-corrected chi connectivity index (χ4v) is 2.16. The molecule has 1 heterocycles. The number of hydrogen-bond acceptors (Lipinski definition) is 5. The Kier molecular flexibility index (Phi) is 4.36. The minimum absolute atomic E-state index is 0.0122. The van der Waals surface area contributed by atoms with Crippen LogP contribution in [0.1, 0.15) is 17.3 Å². The van der Waals surface area contributed by atoms with E-state index in [1.165, 1.54) is 7.05 Å². The Morgan fingerprint density at radius 2 is 1.95 bits per heavy atom. The molecule has 0 atom stereocenters. The Morgan fingerprint density at radius 1 is 1.32 bits per heavy atom. The molecule has 0 unspecified atom stereocenters. The normalized spacial score (nSPS) is 10.3. The van der Waals surface area contributed by atoms with Crippen molar-refractivity contribution in [3.63, 3.8) is 0 Å². The van der Waals surface area contributed by atoms with Crippen molar-refractivity contribution in [2.75, 3.05) is 6.61 Å². The van der Waals surface area contributed by atoms with Gasteiger partial charge in [-0.2, -0.15) is 0 Å². The number of nitro groups is 1. The molecular weight excluding hydrogens is 288 g/mol. The van der Waals surface area contributed by atoms with E-state index in [9.17, 15) is 19.7 Å². The number of carbonyl (C=O) groups excluding carboxylic acids is 1. The van der Waals surface area contributed by atoms with Gasteiger partial charge in [0.1, 0.15) is 0 Å². The zero-order valence-corrected chi connectivity index (χ0v) is 12.1. The van der Waals surface area contributed by atoms with Crippen LogP contribution >= 0.6 is 0 Å². The van der Waals surface area contributed by atoms with Gasteiger partial charge >= 0.3 is 17.2 Å². The number of esters is 1. The van der Waals surface area contributed by atoms with E-state index in [2.05, 4.69) is 0 Å². The third kappa shape index (κ3) is 2.73. The number of aromatic nitrogens is 1. The lowest BCUT2D eigenvalue weighted by atomic mass is 10.0. The topological polar surface area (TPSA) is 91.4 Å². The van der Waals surface area contributed by atoms with Gasteiger partial charge < -0.3 is 9.30 Å². The second-order valence-electron chi connectivity index (χ2n) is 4.50. The highest BCUT2D eigenvalue weighted by molar-refractivity contribution is 5.97. The van der Waals surface area contributed by atoms with Crippen molar-refractivity contribution in [2.45, 2.75) is 6.92 Å². The van der Waals surface area contributed by atoms with Crippen molar-refractivity contribution in [3.05, 3.63) is 62.4 Å². The number of ether oxygens (including phenoxy) is 1. The largest absolute Gasteiger partial charge is 0.462 e. The maximum absolute atomic E-state index is 12.1. The van der Waals surface area contributed by atoms with Crippen LogP contribution in [0.4, 0.5) is 5.69 Å². The summed E-state index contributed by atoms with van der Waals surface area (Å²) >= 11 is 0. The Balaban J connectivity index is 2.81. The number of carbonyl (C=O) groups is 1. The van der Waals surface area contributed by atoms with Crippen LogP contribution in [0.5, 0.6) is 0 Å². The second-order valence-corrected chi connectivity index (χ2v) is 4.50. The summed E-state index contributed by atoms with van der Waals surface area (Å²) < 4.78 is 6.04. The van der Waals surface area contributed by atoms with Crippen LogP contribution in [0.2, 0.25) is 0 Å². The van der Waals surface area contributed by atoms with Gasteiger partial charge in [0.15, 0.2) is 0 Å². The summed E-state index contributed by atoms with van der Waals surface area (Å²) in [7, 11) is 1.39. The van der Waals surface area contributed by atoms with E-state index >= 15 is 0 Å². The van der Waals surface area contributed by atoms with Crippen molar-refractivity contribution in [1.29, 1.82) is 0 Å². The molecule has 0 aliphatic heterocycles. The molecule has 0 fully saturated rings. The summed E-state index contributed by atoms with van der Waals surface area (Å²) in [6.45, 7) is 1.76. The number of hydrogen-bond donors (Lipinski definition) is 0. The molecule has 2 rings (SSSR count). The predicted octanol–water partition coefficient (Wildman–Crippen LogP) is 2.14. The number of nitrogens with zero attached hydrogens (tertiary/aromatic N) is 2. The van der Waals surface area contributed by atoms with Crippen LogP contribution in [-0.4, -0.2) is 22.1 Å². The average molecular weight is 302 g/mol. The van der Waals surface area contributed by atoms with Crippen LogP contribution in [0, 0.1) is 10.1 Å². The third-order valence-electron chi connectivity index (χ3n) is 3.13. The molecule has 7 nitrogen and oxygen atoms in total. The summed E-state index contributed by atoms with van der Waals surface area (Å²) in [6, 6.07) is 9.68. The summed E-state index contributed by atoms with van der Waals surface area (Å²) in [5, 5.41) is 11.0. The van der Waals surface area contributed by atoms with Gasteiger partial charge in [-0.1, -0.05) is 30.3 Å². The molecule has 0 radical (unpaired) electrons. The van der Waals surface area contributed by atoms with Crippen LogP contribution in [0.3, 0.4) is 0 Å². The van der Waals surface area contributed by atoms with Crippen LogP contribution in [0.25, 0.3) is 11.3 Å². The molecule has 114 valence electrons. The number of rotatable bonds is 4. The molecule has 0 bridgehead atoms. The van der Waals surface area contributed by atoms with Gasteiger partial charge in [0, 0.05) is 13.1 Å². The van der Waals surface area contributed by atoms with Gasteiger partial charge in [0.2, 0.25) is 0 Å². The first-order chi connectivity index (χ1) is 10.5. The molecule has 0 amide bonds. The van der Waals surface area contributed by atoms with Crippen LogP contribution in [0.15, 0.2) is 41.2 Å². The van der Waals surface area contributed by atoms with Crippen molar-refractivity contribution < 1.29 is 14.5 Å². The molecule has 0 spiro atoms. The molecule has 0 saturated carbocycles. The summed E-state index contributed by atoms with van der Waals surface area (Å²) in [4.78, 5) is 34.4. The van der Waals surface area contributed by atoms with Crippen molar-refractivity contribution in [2.24, 2.45) is 7.05 Å². The Morgan fingerprint density at radius 3 is 2.50 bits per heavy atom. The smallest absolute Gasteiger partial charge is 0.340 e. The molecular formula is C15H14N2O5. The first-order valence-electron chi connectivity index (χ1n) is 6.58. The molecule has 7 heteroatoms. The van der Waals surface area contributed by atoms with Gasteiger partial charge in [0.05, 0.1) is 22.8 Å². The molecule has 0 N–H and O–H groups in total. The van der Waals surface area contributed by atoms with Crippen LogP contribution in [-0.2, 0) is 11.8 Å². The molecule has 0 saturated heterocycles. The fourth-order valence-electron chi connectivity index (χ4n) is 2.16. The van der Waals surface area contributed by atoms with Crippen LogP contribution < -0.4 is 5.56 Å². The average Bonchev–Trinajstić information content (AvgIpc) is 2.50. The Hall–Kier alpha value is -2.96. The molecule has 1 aromatic heterocycles. The predicted molar refractivity (Wildman–Crippen MR) is 79.7 cm³/mol. The quantitative estimate of drug-likeness (QED) is 0.490. The van der Waals surface area contributed by atoms with E-state index in [1.807, 2.05) is 0 Å². The zero-order valence-electron chi connectivity index (χ0n) is 12.1. The monoisotopic (exact) mass is 302 g/mol. The van der Waals surface area contributed by atoms with E-state index in [4.69, 9.17) is 4.74 Å². The van der Waals surface area contributed by atoms with E-state index in [0.717, 1.165) is 10.6 Å². The van der Waals surface area contributed by atoms with Crippen molar-refractivity contribution in [1.82, 2.24) is 4.57 Å². The lowest BCUT2D eigenvalue weighted by molar-refractivity contribution is -0.386. The lowest BCUT2D eigenvalue weighted by Gasteiger charge is -2.13. The third-order valence-corrected chi connectivity index (χ3v) is 3.13. The number of pyridine rings is 1. The highest BCUT2D eigenvalue weighted by Crippen LogP contribution is 2.25. The van der Waals surface area contributed by atoms with E-state index in [-0.39, 0.29) is 17.9 Å². The molecule has 22 heavy (non-hydrogen) atoms. The first-order valence-corrected chi connectivity index (χ1v) is 6.58. The van der Waals surface area contributed by atoms with Gasteiger partial charge in [-0.3, -0.25) is 14.9 Å². The minimum Gasteiger partial charge on any atom is -0.462 e. The Bertz CT molecular complexity index is 781. The van der Waals surface area contributed by atoms with E-state index in [1.54, 1.807) is 37.3 Å². The highest BCUT2D eigenvalue weighted by atomic mass is 16.6. The molecule has 0 aliphatic rings. The fraction of sp³-hybridized carbons (Fsp3) is 0.200. The number of benzene rings is 1. The van der Waals surface area contributed by atoms with E-state index in [0.29, 0.717) is 5.56 Å². The summed E-state index contributed by atoms with van der Waals surface area (Å²) in [5.74, 6) is -0.708. The second kappa shape index (κ2) is 6.21. The van der Waals surface area contributed by atoms with Gasteiger partial charge in [0.25, 0.3) is 0 Å². The zero-order chi connectivity index (χ0) is 16.3. The molecule has 2 aromatic rings. The highest BCUT2D eigenvalue weighted by Gasteiger charge is 2.25. The minimum atomic E-state index is -0.806. The maximum Gasteiger partial charge on any atom is 0.340 e. The van der Waals surface area contributed by atoms with Crippen molar-refractivity contribution in [3.8, 4) is 11.3 Å². The molecule has 0 aliphatic carbocycles. The summed E-state index contributed by atoms with van der Waals surface area (Å²) in [5.41, 5.74) is -0.571. The summed E-state index contributed by atoms with van der Waals surface area (Å²) in [6.07, 6.45) is 0. The van der Waals surface area contributed by atoms with Gasteiger partial charge in [-0.05, 0) is 12.5 Å². The SMILES string of the molecule is CCOC(=O)c1cc([N+](=O)[O-])c(=O)n(C)c1-c1ccccc1. The van der Waals surface area contributed by atoms with Gasteiger partial charge in [-0.25, -0.2) is 4.79 Å². The Labute approximate surface area is 125 Å². The van der Waals surface area contributed by atoms with Crippen molar-refractivity contribution >= 4 is 11.7 Å². The standard InChI is InChI=1S/C15H14N2O5/c1-3-22-15(19)11-9-12(17(20)21)14(18)16(2)13(11)10-7-5-4-6-8-10/h4-9H,3H2,1-2H3. The van der Waals surface area contributed by atoms with E-state index < -0.39 is 22.1 Å². The van der Waals surface area contributed by atoms with Gasteiger partial charge in [-0.15, -0.1) is 0 Å².